The van der Waals surface area contributed by atoms with Crippen LogP contribution in [0.3, 0.4) is 0 Å². The number of ether oxygens (including phenoxy) is 1. The Kier molecular flexibility index (Phi) is 8.67. The molecule has 6 nitrogen and oxygen atoms in total. The summed E-state index contributed by atoms with van der Waals surface area (Å²) in [6.07, 6.45) is 5.42. The van der Waals surface area contributed by atoms with E-state index < -0.39 is 12.0 Å². The van der Waals surface area contributed by atoms with Crippen molar-refractivity contribution in [3.63, 3.8) is 0 Å². The zero-order chi connectivity index (χ0) is 28.7. The molecular formula is C30H43ClF2N4O2. The summed E-state index contributed by atoms with van der Waals surface area (Å²) in [6, 6.07) is 4.94. The van der Waals surface area contributed by atoms with E-state index in [0.717, 1.165) is 45.4 Å². The fourth-order valence-corrected chi connectivity index (χ4v) is 6.76. The second-order valence-electron chi connectivity index (χ2n) is 12.5. The summed E-state index contributed by atoms with van der Waals surface area (Å²) >= 11 is 6.47. The molecule has 216 valence electrons. The number of nitrogens with zero attached hydrogens (tertiary/aromatic N) is 3. The third-order valence-electron chi connectivity index (χ3n) is 9.18. The maximum absolute atomic E-state index is 15.2. The molecule has 39 heavy (non-hydrogen) atoms. The quantitative estimate of drug-likeness (QED) is 0.256. The third kappa shape index (κ3) is 6.12. The first-order valence-corrected chi connectivity index (χ1v) is 14.4. The third-order valence-corrected chi connectivity index (χ3v) is 9.51. The Hall–Kier alpha value is -2.19. The highest BCUT2D eigenvalue weighted by molar-refractivity contribution is 6.31. The Morgan fingerprint density at radius 1 is 1.28 bits per heavy atom. The van der Waals surface area contributed by atoms with Crippen molar-refractivity contribution < 1.29 is 18.6 Å². The Morgan fingerprint density at radius 2 is 1.95 bits per heavy atom. The largest absolute Gasteiger partial charge is 0.496 e. The molecule has 0 spiro atoms. The molecule has 2 fully saturated rings. The van der Waals surface area contributed by atoms with E-state index in [9.17, 15) is 10.5 Å². The standard InChI is InChI=1S/C30H43ClF2N4O2/c1-18-10-12-20(13-11-18)37-27(30(5,32)33)22(16-35-37)28(34)36(21-14-19(2)29(3,4)15-21)17-24(38)26-23(31)8-7-9-25(26)39-6/h7-9,16,18-21,24,34,38H,10-15,17H2,1-6H3. The molecule has 1 aromatic heterocycles. The van der Waals surface area contributed by atoms with E-state index in [-0.39, 0.29) is 41.1 Å². The lowest BCUT2D eigenvalue weighted by Crippen LogP contribution is -2.43. The van der Waals surface area contributed by atoms with Gasteiger partial charge in [-0.2, -0.15) is 13.9 Å². The Bertz CT molecular complexity index is 1170. The number of hydrogen-bond donors (Lipinski definition) is 2. The first-order valence-electron chi connectivity index (χ1n) is 14.1. The predicted molar refractivity (Wildman–Crippen MR) is 151 cm³/mol. The molecule has 2 aliphatic carbocycles. The Balaban J connectivity index is 1.74. The molecule has 3 atom stereocenters. The first kappa shape index (κ1) is 29.8. The number of nitrogens with one attached hydrogen (secondary N) is 1. The van der Waals surface area contributed by atoms with Gasteiger partial charge in [0, 0.05) is 25.1 Å². The summed E-state index contributed by atoms with van der Waals surface area (Å²) in [5, 5.41) is 25.5. The summed E-state index contributed by atoms with van der Waals surface area (Å²) in [7, 11) is 1.51. The molecule has 2 aliphatic rings. The van der Waals surface area contributed by atoms with Gasteiger partial charge >= 0.3 is 0 Å². The number of aliphatic hydroxyl groups is 1. The number of hydrogen-bond acceptors (Lipinski definition) is 4. The number of aromatic nitrogens is 2. The molecule has 9 heteroatoms. The number of rotatable bonds is 8. The average Bonchev–Trinajstić information content (AvgIpc) is 3.43. The van der Waals surface area contributed by atoms with Gasteiger partial charge in [-0.15, -0.1) is 0 Å². The molecule has 2 saturated carbocycles. The zero-order valence-electron chi connectivity index (χ0n) is 24.0. The topological polar surface area (TPSA) is 74.4 Å². The van der Waals surface area contributed by atoms with Crippen LogP contribution in [0.4, 0.5) is 8.78 Å². The van der Waals surface area contributed by atoms with Gasteiger partial charge < -0.3 is 14.7 Å². The molecular weight excluding hydrogens is 522 g/mol. The molecule has 2 aromatic rings. The fourth-order valence-electron chi connectivity index (χ4n) is 6.47. The lowest BCUT2D eigenvalue weighted by atomic mass is 9.83. The van der Waals surface area contributed by atoms with Gasteiger partial charge in [0.2, 0.25) is 0 Å². The van der Waals surface area contributed by atoms with Crippen LogP contribution in [0.15, 0.2) is 24.4 Å². The second kappa shape index (κ2) is 11.4. The van der Waals surface area contributed by atoms with Crippen molar-refractivity contribution in [1.82, 2.24) is 14.7 Å². The molecule has 1 heterocycles. The van der Waals surface area contributed by atoms with Crippen LogP contribution in [0.5, 0.6) is 5.75 Å². The van der Waals surface area contributed by atoms with Crippen molar-refractivity contribution in [3.8, 4) is 5.75 Å². The van der Waals surface area contributed by atoms with E-state index in [1.807, 2.05) is 0 Å². The van der Waals surface area contributed by atoms with E-state index in [2.05, 4.69) is 32.8 Å². The van der Waals surface area contributed by atoms with E-state index in [0.29, 0.717) is 28.2 Å². The van der Waals surface area contributed by atoms with Crippen LogP contribution < -0.4 is 4.74 Å². The lowest BCUT2D eigenvalue weighted by molar-refractivity contribution is 0.00446. The van der Waals surface area contributed by atoms with Crippen LogP contribution in [0.25, 0.3) is 0 Å². The van der Waals surface area contributed by atoms with E-state index in [4.69, 9.17) is 16.3 Å². The van der Waals surface area contributed by atoms with Crippen molar-refractivity contribution >= 4 is 17.4 Å². The Labute approximate surface area is 236 Å². The van der Waals surface area contributed by atoms with Crippen molar-refractivity contribution in [1.29, 1.82) is 5.41 Å². The minimum absolute atomic E-state index is 0.0106. The summed E-state index contributed by atoms with van der Waals surface area (Å²) in [6.45, 7) is 9.67. The molecule has 0 saturated heterocycles. The van der Waals surface area contributed by atoms with Gasteiger partial charge in [0.1, 0.15) is 23.4 Å². The van der Waals surface area contributed by atoms with Gasteiger partial charge in [0.15, 0.2) is 0 Å². The highest BCUT2D eigenvalue weighted by Crippen LogP contribution is 2.46. The van der Waals surface area contributed by atoms with Crippen LogP contribution in [0.2, 0.25) is 5.02 Å². The van der Waals surface area contributed by atoms with Crippen LogP contribution in [0.1, 0.15) is 102 Å². The van der Waals surface area contributed by atoms with Crippen molar-refractivity contribution in [2.75, 3.05) is 13.7 Å². The highest BCUT2D eigenvalue weighted by Gasteiger charge is 2.44. The normalized spacial score (nSPS) is 25.9. The van der Waals surface area contributed by atoms with Crippen molar-refractivity contribution in [2.45, 2.75) is 97.3 Å². The molecule has 4 rings (SSSR count). The van der Waals surface area contributed by atoms with Crippen molar-refractivity contribution in [2.24, 2.45) is 17.3 Å². The number of halogens is 3. The average molecular weight is 565 g/mol. The zero-order valence-corrected chi connectivity index (χ0v) is 24.7. The lowest BCUT2D eigenvalue weighted by Gasteiger charge is -2.35. The van der Waals surface area contributed by atoms with Gasteiger partial charge in [-0.1, -0.05) is 45.4 Å². The summed E-state index contributed by atoms with van der Waals surface area (Å²) in [5.74, 6) is -1.83. The predicted octanol–water partition coefficient (Wildman–Crippen LogP) is 7.59. The van der Waals surface area contributed by atoms with Gasteiger partial charge in [-0.3, -0.25) is 10.1 Å². The van der Waals surface area contributed by atoms with Gasteiger partial charge in [0.25, 0.3) is 5.92 Å². The SMILES string of the molecule is COc1cccc(Cl)c1C(O)CN(C(=N)c1cnn(C2CCC(C)CC2)c1C(C)(F)F)C1CC(C)C(C)(C)C1. The first-order chi connectivity index (χ1) is 18.2. The number of alkyl halides is 2. The molecule has 0 bridgehead atoms. The van der Waals surface area contributed by atoms with Crippen LogP contribution in [0, 0.1) is 22.7 Å². The smallest absolute Gasteiger partial charge is 0.287 e. The van der Waals surface area contributed by atoms with E-state index in [1.165, 1.54) is 18.0 Å². The van der Waals surface area contributed by atoms with E-state index >= 15 is 8.78 Å². The summed E-state index contributed by atoms with van der Waals surface area (Å²) in [5.41, 5.74) is 0.346. The molecule has 0 radical (unpaired) electrons. The van der Waals surface area contributed by atoms with Crippen molar-refractivity contribution in [3.05, 3.63) is 46.2 Å². The maximum atomic E-state index is 15.2. The van der Waals surface area contributed by atoms with Gasteiger partial charge in [-0.25, -0.2) is 0 Å². The van der Waals surface area contributed by atoms with Gasteiger partial charge in [0.05, 0.1) is 29.9 Å². The number of methoxy groups -OCH3 is 1. The molecule has 0 amide bonds. The monoisotopic (exact) mass is 564 g/mol. The van der Waals surface area contributed by atoms with Crippen LogP contribution >= 0.6 is 11.6 Å². The second-order valence-corrected chi connectivity index (χ2v) is 12.9. The number of aliphatic hydroxyl groups excluding tert-OH is 1. The summed E-state index contributed by atoms with van der Waals surface area (Å²) < 4.78 is 37.4. The maximum Gasteiger partial charge on any atom is 0.287 e. The Morgan fingerprint density at radius 3 is 2.51 bits per heavy atom. The molecule has 1 aromatic carbocycles. The minimum atomic E-state index is -3.18. The summed E-state index contributed by atoms with van der Waals surface area (Å²) in [4.78, 5) is 1.79. The molecule has 0 aliphatic heterocycles. The minimum Gasteiger partial charge on any atom is -0.496 e. The van der Waals surface area contributed by atoms with Gasteiger partial charge in [-0.05, 0) is 67.9 Å². The van der Waals surface area contributed by atoms with Crippen LogP contribution in [-0.4, -0.2) is 45.3 Å². The molecule has 2 N–H and O–H groups in total. The fraction of sp³-hybridized carbons (Fsp3) is 0.667. The van der Waals surface area contributed by atoms with Crippen LogP contribution in [-0.2, 0) is 5.92 Å². The number of benzene rings is 1. The molecule has 3 unspecified atom stereocenters. The highest BCUT2D eigenvalue weighted by atomic mass is 35.5. The number of amidine groups is 1. The van der Waals surface area contributed by atoms with E-state index in [1.54, 1.807) is 23.1 Å².